The Hall–Kier alpha value is -7.98. The highest BCUT2D eigenvalue weighted by Crippen LogP contribution is 2.48. The van der Waals surface area contributed by atoms with E-state index in [9.17, 15) is 0 Å². The van der Waals surface area contributed by atoms with E-state index in [4.69, 9.17) is 0 Å². The molecule has 0 spiro atoms. The number of nitrogens with zero attached hydrogens (tertiary/aromatic N) is 2. The first-order valence-electron chi connectivity index (χ1n) is 21.5. The van der Waals surface area contributed by atoms with Crippen molar-refractivity contribution >= 4 is 98.0 Å². The van der Waals surface area contributed by atoms with Crippen molar-refractivity contribution in [3.05, 3.63) is 243 Å². The van der Waals surface area contributed by atoms with Crippen LogP contribution in [-0.4, -0.2) is 0 Å². The number of hydrogen-bond acceptors (Lipinski definition) is 3. The number of rotatable bonds is 8. The van der Waals surface area contributed by atoms with E-state index in [1.807, 2.05) is 11.3 Å². The molecule has 0 fully saturated rings. The van der Waals surface area contributed by atoms with Crippen LogP contribution in [0.4, 0.5) is 34.1 Å². The van der Waals surface area contributed by atoms with Crippen molar-refractivity contribution in [2.45, 2.75) is 0 Å². The van der Waals surface area contributed by atoms with Gasteiger partial charge in [0.1, 0.15) is 0 Å². The van der Waals surface area contributed by atoms with Crippen LogP contribution in [0.15, 0.2) is 243 Å². The molecule has 1 heterocycles. The predicted molar refractivity (Wildman–Crippen MR) is 272 cm³/mol. The summed E-state index contributed by atoms with van der Waals surface area (Å²) in [6.45, 7) is 0. The van der Waals surface area contributed by atoms with E-state index in [2.05, 4.69) is 252 Å². The lowest BCUT2D eigenvalue weighted by molar-refractivity contribution is 1.29. The van der Waals surface area contributed by atoms with Gasteiger partial charge in [0.25, 0.3) is 0 Å². The number of hydrogen-bond donors (Lipinski definition) is 0. The SMILES string of the molecule is c1ccc(-c2ccc(N(c3ccc(-c4ccccc4)cc3)c3ccc4c(c3)sc3c5ccc(N(c6ccccc6)c6cccc7ccccc67)cc5c5ccccc5c43)cc2)cc1. The molecule has 0 unspecified atom stereocenters. The van der Waals surface area contributed by atoms with Gasteiger partial charge in [-0.25, -0.2) is 0 Å². The van der Waals surface area contributed by atoms with E-state index in [0.29, 0.717) is 0 Å². The van der Waals surface area contributed by atoms with Crippen molar-refractivity contribution in [1.82, 2.24) is 0 Å². The van der Waals surface area contributed by atoms with Gasteiger partial charge in [-0.15, -0.1) is 11.3 Å². The summed E-state index contributed by atoms with van der Waals surface area (Å²) in [6, 6.07) is 88.2. The van der Waals surface area contributed by atoms with Gasteiger partial charge >= 0.3 is 0 Å². The van der Waals surface area contributed by atoms with Gasteiger partial charge < -0.3 is 9.80 Å². The molecule has 0 aliphatic carbocycles. The quantitative estimate of drug-likeness (QED) is 0.141. The van der Waals surface area contributed by atoms with E-state index in [0.717, 1.165) is 34.1 Å². The molecule has 0 saturated heterocycles. The Morgan fingerprint density at radius 2 is 0.746 bits per heavy atom. The summed E-state index contributed by atoms with van der Waals surface area (Å²) in [5.41, 5.74) is 11.6. The first kappa shape index (κ1) is 36.8. The van der Waals surface area contributed by atoms with Crippen molar-refractivity contribution in [1.29, 1.82) is 0 Å². The van der Waals surface area contributed by atoms with E-state index >= 15 is 0 Å². The topological polar surface area (TPSA) is 6.48 Å². The lowest BCUT2D eigenvalue weighted by Gasteiger charge is -2.27. The Balaban J connectivity index is 1.02. The predicted octanol–water partition coefficient (Wildman–Crippen LogP) is 17.8. The summed E-state index contributed by atoms with van der Waals surface area (Å²) < 4.78 is 2.57. The van der Waals surface area contributed by atoms with Crippen molar-refractivity contribution in [2.24, 2.45) is 0 Å². The molecule has 0 aliphatic heterocycles. The van der Waals surface area contributed by atoms with E-state index in [1.165, 1.54) is 74.7 Å². The normalized spacial score (nSPS) is 11.5. The third-order valence-electron chi connectivity index (χ3n) is 12.4. The molecular formula is C60H40N2S. The smallest absolute Gasteiger partial charge is 0.0540 e. The maximum absolute atomic E-state index is 2.41. The second-order valence-corrected chi connectivity index (χ2v) is 17.1. The van der Waals surface area contributed by atoms with Crippen LogP contribution in [0.3, 0.4) is 0 Å². The first-order chi connectivity index (χ1) is 31.2. The zero-order valence-corrected chi connectivity index (χ0v) is 35.2. The van der Waals surface area contributed by atoms with Gasteiger partial charge in [-0.2, -0.15) is 0 Å². The van der Waals surface area contributed by atoms with Gasteiger partial charge in [0.15, 0.2) is 0 Å². The van der Waals surface area contributed by atoms with E-state index in [1.54, 1.807) is 0 Å². The summed E-state index contributed by atoms with van der Waals surface area (Å²) in [6.07, 6.45) is 0. The number of thiophene rings is 1. The first-order valence-corrected chi connectivity index (χ1v) is 22.3. The second-order valence-electron chi connectivity index (χ2n) is 16.1. The monoisotopic (exact) mass is 820 g/mol. The molecule has 0 N–H and O–H groups in total. The Morgan fingerprint density at radius 1 is 0.270 bits per heavy atom. The molecule has 12 aromatic rings. The minimum absolute atomic E-state index is 1.11. The Labute approximate surface area is 370 Å². The molecular weight excluding hydrogens is 781 g/mol. The van der Waals surface area contributed by atoms with Gasteiger partial charge in [0, 0.05) is 59.4 Å². The van der Waals surface area contributed by atoms with Gasteiger partial charge in [-0.3, -0.25) is 0 Å². The number of fused-ring (bicyclic) bond motifs is 9. The highest BCUT2D eigenvalue weighted by Gasteiger charge is 2.21. The Kier molecular flexibility index (Phi) is 9.06. The van der Waals surface area contributed by atoms with Crippen LogP contribution < -0.4 is 9.80 Å². The molecule has 0 atom stereocenters. The third-order valence-corrected chi connectivity index (χ3v) is 13.6. The fraction of sp³-hybridized carbons (Fsp3) is 0. The summed E-state index contributed by atoms with van der Waals surface area (Å²) in [5.74, 6) is 0. The fourth-order valence-corrected chi connectivity index (χ4v) is 10.7. The lowest BCUT2D eigenvalue weighted by atomic mass is 9.96. The molecule has 12 rings (SSSR count). The number of anilines is 6. The Bertz CT molecular complexity index is 3510. The molecule has 0 aliphatic rings. The van der Waals surface area contributed by atoms with Crippen LogP contribution >= 0.6 is 11.3 Å². The van der Waals surface area contributed by atoms with Crippen LogP contribution in [0, 0.1) is 0 Å². The minimum Gasteiger partial charge on any atom is -0.310 e. The summed E-state index contributed by atoms with van der Waals surface area (Å²) in [4.78, 5) is 4.80. The average molecular weight is 821 g/mol. The second kappa shape index (κ2) is 15.5. The average Bonchev–Trinajstić information content (AvgIpc) is 3.75. The van der Waals surface area contributed by atoms with Gasteiger partial charge in [0.2, 0.25) is 0 Å². The summed E-state index contributed by atoms with van der Waals surface area (Å²) in [7, 11) is 0. The third kappa shape index (κ3) is 6.50. The Morgan fingerprint density at radius 3 is 1.40 bits per heavy atom. The zero-order chi connectivity index (χ0) is 41.7. The largest absolute Gasteiger partial charge is 0.310 e. The van der Waals surface area contributed by atoms with Crippen LogP contribution in [0.5, 0.6) is 0 Å². The van der Waals surface area contributed by atoms with Crippen molar-refractivity contribution < 1.29 is 0 Å². The molecule has 1 aromatic heterocycles. The molecule has 0 amide bonds. The van der Waals surface area contributed by atoms with E-state index in [-0.39, 0.29) is 0 Å². The van der Waals surface area contributed by atoms with Gasteiger partial charge in [-0.1, -0.05) is 176 Å². The molecule has 2 nitrogen and oxygen atoms in total. The van der Waals surface area contributed by atoms with Crippen LogP contribution in [0.1, 0.15) is 0 Å². The van der Waals surface area contributed by atoms with Crippen LogP contribution in [-0.2, 0) is 0 Å². The maximum Gasteiger partial charge on any atom is 0.0540 e. The molecule has 3 heteroatoms. The molecule has 11 aromatic carbocycles. The summed E-state index contributed by atoms with van der Waals surface area (Å²) in [5, 5.41) is 10.1. The number of benzene rings is 11. The highest BCUT2D eigenvalue weighted by molar-refractivity contribution is 7.27. The van der Waals surface area contributed by atoms with Crippen molar-refractivity contribution in [3.8, 4) is 22.3 Å². The molecule has 0 radical (unpaired) electrons. The number of para-hydroxylation sites is 1. The standard InChI is InChI=1S/C60H40N2S/c1-4-15-41(16-5-1)43-27-31-47(32-28-43)61(48-33-29-44(30-34-48)42-17-6-2-7-18-42)50-36-38-55-58(40-50)63-60-54-37-35-49(39-56(54)52-24-12-13-25-53(52)59(55)60)62(46-21-8-3-9-22-46)57-26-14-20-45-19-10-11-23-51(45)57/h1-40H. The highest BCUT2D eigenvalue weighted by atomic mass is 32.1. The van der Waals surface area contributed by atoms with Gasteiger partial charge in [-0.05, 0) is 111 Å². The molecule has 0 saturated carbocycles. The fourth-order valence-electron chi connectivity index (χ4n) is 9.43. The molecule has 0 bridgehead atoms. The van der Waals surface area contributed by atoms with Gasteiger partial charge in [0.05, 0.1) is 5.69 Å². The van der Waals surface area contributed by atoms with Crippen molar-refractivity contribution in [2.75, 3.05) is 9.80 Å². The molecule has 63 heavy (non-hydrogen) atoms. The maximum atomic E-state index is 2.41. The van der Waals surface area contributed by atoms with Crippen LogP contribution in [0.2, 0.25) is 0 Å². The van der Waals surface area contributed by atoms with Crippen LogP contribution in [0.25, 0.3) is 74.7 Å². The lowest BCUT2D eigenvalue weighted by Crippen LogP contribution is -2.10. The zero-order valence-electron chi connectivity index (χ0n) is 34.4. The van der Waals surface area contributed by atoms with Crippen molar-refractivity contribution in [3.63, 3.8) is 0 Å². The van der Waals surface area contributed by atoms with E-state index < -0.39 is 0 Å². The molecule has 296 valence electrons. The minimum atomic E-state index is 1.11. The summed E-state index contributed by atoms with van der Waals surface area (Å²) >= 11 is 1.90.